The smallest absolute Gasteiger partial charge is 0.100 e. The molecule has 0 aromatic carbocycles. The fraction of sp³-hybridized carbons (Fsp3) is 0.636. The molecule has 0 aliphatic heterocycles. The first-order valence-electron chi connectivity index (χ1n) is 5.11. The lowest BCUT2D eigenvalue weighted by molar-refractivity contribution is 0.107. The molecule has 1 aromatic heterocycles. The van der Waals surface area contributed by atoms with E-state index in [-0.39, 0.29) is 5.92 Å². The lowest BCUT2D eigenvalue weighted by Crippen LogP contribution is -2.11. The molecule has 2 atom stereocenters. The Bertz CT molecular complexity index is 271. The highest BCUT2D eigenvalue weighted by atomic mass is 16.3. The largest absolute Gasteiger partial charge is 0.386 e. The van der Waals surface area contributed by atoms with E-state index in [1.165, 1.54) is 0 Å². The van der Waals surface area contributed by atoms with Crippen molar-refractivity contribution in [1.29, 1.82) is 0 Å². The van der Waals surface area contributed by atoms with Crippen molar-refractivity contribution in [3.63, 3.8) is 0 Å². The highest BCUT2D eigenvalue weighted by molar-refractivity contribution is 5.04. The lowest BCUT2D eigenvalue weighted by atomic mass is 9.97. The minimum atomic E-state index is -0.483. The van der Waals surface area contributed by atoms with Crippen LogP contribution in [-0.2, 0) is 0 Å². The quantitative estimate of drug-likeness (QED) is 0.799. The second-order valence-corrected chi connectivity index (χ2v) is 3.79. The standard InChI is InChI=1S/C11H18N2O/c1-4-5-8(2)11(14)10-7-12-9(3)6-13-10/h6-8,11,14H,4-5H2,1-3H3. The monoisotopic (exact) mass is 194 g/mol. The van der Waals surface area contributed by atoms with Gasteiger partial charge in [0, 0.05) is 6.20 Å². The molecule has 14 heavy (non-hydrogen) atoms. The Morgan fingerprint density at radius 1 is 1.36 bits per heavy atom. The molecule has 1 heterocycles. The third kappa shape index (κ3) is 2.77. The molecule has 0 radical (unpaired) electrons. The summed E-state index contributed by atoms with van der Waals surface area (Å²) >= 11 is 0. The number of hydrogen-bond donors (Lipinski definition) is 1. The van der Waals surface area contributed by atoms with Crippen molar-refractivity contribution in [2.75, 3.05) is 0 Å². The molecule has 0 aliphatic carbocycles. The zero-order valence-electron chi connectivity index (χ0n) is 9.07. The topological polar surface area (TPSA) is 46.0 Å². The zero-order chi connectivity index (χ0) is 10.6. The van der Waals surface area contributed by atoms with Crippen LogP contribution in [0.25, 0.3) is 0 Å². The fourth-order valence-corrected chi connectivity index (χ4v) is 1.46. The molecule has 2 unspecified atom stereocenters. The summed E-state index contributed by atoms with van der Waals surface area (Å²) in [5.74, 6) is 0.247. The van der Waals surface area contributed by atoms with Gasteiger partial charge >= 0.3 is 0 Å². The predicted molar refractivity (Wildman–Crippen MR) is 55.8 cm³/mol. The molecule has 0 amide bonds. The Morgan fingerprint density at radius 2 is 2.07 bits per heavy atom. The predicted octanol–water partition coefficient (Wildman–Crippen LogP) is 2.25. The Kier molecular flexibility index (Phi) is 4.01. The van der Waals surface area contributed by atoms with E-state index in [2.05, 4.69) is 16.9 Å². The molecule has 0 fully saturated rings. The molecule has 3 nitrogen and oxygen atoms in total. The van der Waals surface area contributed by atoms with E-state index in [0.29, 0.717) is 5.69 Å². The van der Waals surface area contributed by atoms with Gasteiger partial charge in [0.05, 0.1) is 17.6 Å². The zero-order valence-corrected chi connectivity index (χ0v) is 9.07. The second kappa shape index (κ2) is 5.05. The van der Waals surface area contributed by atoms with Gasteiger partial charge in [-0.15, -0.1) is 0 Å². The minimum absolute atomic E-state index is 0.247. The van der Waals surface area contributed by atoms with E-state index < -0.39 is 6.10 Å². The third-order valence-corrected chi connectivity index (χ3v) is 2.39. The van der Waals surface area contributed by atoms with Crippen LogP contribution in [0.2, 0.25) is 0 Å². The maximum absolute atomic E-state index is 9.91. The van der Waals surface area contributed by atoms with Gasteiger partial charge < -0.3 is 5.11 Å². The van der Waals surface area contributed by atoms with Crippen LogP contribution in [0.1, 0.15) is 44.2 Å². The van der Waals surface area contributed by atoms with E-state index in [1.807, 2.05) is 13.8 Å². The first-order valence-corrected chi connectivity index (χ1v) is 5.11. The van der Waals surface area contributed by atoms with Gasteiger partial charge in [-0.05, 0) is 19.3 Å². The van der Waals surface area contributed by atoms with Crippen LogP contribution >= 0.6 is 0 Å². The highest BCUT2D eigenvalue weighted by Crippen LogP contribution is 2.22. The van der Waals surface area contributed by atoms with E-state index in [0.717, 1.165) is 18.5 Å². The maximum atomic E-state index is 9.91. The number of nitrogens with zero attached hydrogens (tertiary/aromatic N) is 2. The van der Waals surface area contributed by atoms with Gasteiger partial charge in [0.2, 0.25) is 0 Å². The van der Waals surface area contributed by atoms with E-state index in [9.17, 15) is 5.11 Å². The molecule has 0 spiro atoms. The summed E-state index contributed by atoms with van der Waals surface area (Å²) in [6.45, 7) is 6.04. The number of aliphatic hydroxyl groups excluding tert-OH is 1. The molecule has 1 N–H and O–H groups in total. The highest BCUT2D eigenvalue weighted by Gasteiger charge is 2.16. The summed E-state index contributed by atoms with van der Waals surface area (Å²) < 4.78 is 0. The number of aryl methyl sites for hydroxylation is 1. The number of rotatable bonds is 4. The Hall–Kier alpha value is -0.960. The molecule has 1 rings (SSSR count). The molecule has 0 bridgehead atoms. The van der Waals surface area contributed by atoms with Crippen molar-refractivity contribution >= 4 is 0 Å². The normalized spacial score (nSPS) is 15.1. The van der Waals surface area contributed by atoms with Gasteiger partial charge in [0.15, 0.2) is 0 Å². The van der Waals surface area contributed by atoms with Crippen LogP contribution < -0.4 is 0 Å². The molecular formula is C11H18N2O. The molecular weight excluding hydrogens is 176 g/mol. The van der Waals surface area contributed by atoms with Crippen molar-refractivity contribution in [1.82, 2.24) is 9.97 Å². The van der Waals surface area contributed by atoms with Crippen molar-refractivity contribution in [3.8, 4) is 0 Å². The number of aliphatic hydroxyl groups is 1. The van der Waals surface area contributed by atoms with Crippen molar-refractivity contribution < 1.29 is 5.11 Å². The summed E-state index contributed by atoms with van der Waals surface area (Å²) in [5, 5.41) is 9.91. The van der Waals surface area contributed by atoms with Crippen LogP contribution in [0.4, 0.5) is 0 Å². The summed E-state index contributed by atoms with van der Waals surface area (Å²) in [6, 6.07) is 0. The number of hydrogen-bond acceptors (Lipinski definition) is 3. The first-order chi connectivity index (χ1) is 6.65. The molecule has 1 aromatic rings. The van der Waals surface area contributed by atoms with Gasteiger partial charge in [0.1, 0.15) is 6.10 Å². The van der Waals surface area contributed by atoms with Crippen LogP contribution in [-0.4, -0.2) is 15.1 Å². The molecule has 0 aliphatic rings. The Balaban J connectivity index is 2.68. The van der Waals surface area contributed by atoms with E-state index >= 15 is 0 Å². The molecule has 0 saturated heterocycles. The SMILES string of the molecule is CCCC(C)C(O)c1cnc(C)cn1. The van der Waals surface area contributed by atoms with Crippen LogP contribution in [0.3, 0.4) is 0 Å². The van der Waals surface area contributed by atoms with E-state index in [1.54, 1.807) is 12.4 Å². The summed E-state index contributed by atoms with van der Waals surface area (Å²) in [7, 11) is 0. The van der Waals surface area contributed by atoms with Gasteiger partial charge in [-0.25, -0.2) is 0 Å². The maximum Gasteiger partial charge on any atom is 0.100 e. The average Bonchev–Trinajstić information content (AvgIpc) is 2.18. The van der Waals surface area contributed by atoms with Crippen molar-refractivity contribution in [3.05, 3.63) is 23.8 Å². The average molecular weight is 194 g/mol. The Labute approximate surface area is 85.2 Å². The molecule has 3 heteroatoms. The minimum Gasteiger partial charge on any atom is -0.386 e. The first kappa shape index (κ1) is 11.1. The Morgan fingerprint density at radius 3 is 2.57 bits per heavy atom. The summed E-state index contributed by atoms with van der Waals surface area (Å²) in [5.41, 5.74) is 1.56. The fourth-order valence-electron chi connectivity index (χ4n) is 1.46. The van der Waals surface area contributed by atoms with Gasteiger partial charge in [0.25, 0.3) is 0 Å². The second-order valence-electron chi connectivity index (χ2n) is 3.79. The molecule has 0 saturated carbocycles. The van der Waals surface area contributed by atoms with Gasteiger partial charge in [-0.2, -0.15) is 0 Å². The third-order valence-electron chi connectivity index (χ3n) is 2.39. The van der Waals surface area contributed by atoms with Gasteiger partial charge in [-0.3, -0.25) is 9.97 Å². The van der Waals surface area contributed by atoms with Crippen LogP contribution in [0, 0.1) is 12.8 Å². The summed E-state index contributed by atoms with van der Waals surface area (Å²) in [6.07, 6.45) is 4.96. The lowest BCUT2D eigenvalue weighted by Gasteiger charge is -2.17. The molecule has 78 valence electrons. The summed E-state index contributed by atoms with van der Waals surface area (Å²) in [4.78, 5) is 8.29. The number of aromatic nitrogens is 2. The van der Waals surface area contributed by atoms with Gasteiger partial charge in [-0.1, -0.05) is 20.3 Å². The van der Waals surface area contributed by atoms with Crippen molar-refractivity contribution in [2.24, 2.45) is 5.92 Å². The van der Waals surface area contributed by atoms with Crippen LogP contribution in [0.5, 0.6) is 0 Å². The van der Waals surface area contributed by atoms with Crippen molar-refractivity contribution in [2.45, 2.75) is 39.7 Å². The van der Waals surface area contributed by atoms with E-state index in [4.69, 9.17) is 0 Å². The van der Waals surface area contributed by atoms with Crippen LogP contribution in [0.15, 0.2) is 12.4 Å².